The smallest absolute Gasteiger partial charge is 0.324 e. The van der Waals surface area contributed by atoms with Crippen LogP contribution in [0.5, 0.6) is 17.2 Å². The number of halogens is 2. The molecule has 42 heavy (non-hydrogen) atoms. The summed E-state index contributed by atoms with van der Waals surface area (Å²) >= 11 is 12.9. The van der Waals surface area contributed by atoms with Gasteiger partial charge < -0.3 is 24.8 Å². The number of hydrogen-bond donors (Lipinski definition) is 5. The van der Waals surface area contributed by atoms with Gasteiger partial charge in [-0.1, -0.05) is 23.2 Å². The molecule has 0 radical (unpaired) electrons. The SMILES string of the molecule is COc1ccc(-n2[nH]c(=O)cc2NC(=O)Nc2ccc(Oc3ccnc(NC(=O)N4CCC(O)C4)c3)c(Cl)c2Cl)cc1. The van der Waals surface area contributed by atoms with Crippen molar-refractivity contribution in [3.8, 4) is 22.9 Å². The Hall–Kier alpha value is -4.72. The first kappa shape index (κ1) is 28.8. The average Bonchev–Trinajstić information content (AvgIpc) is 3.58. The Labute approximate surface area is 249 Å². The highest BCUT2D eigenvalue weighted by atomic mass is 35.5. The van der Waals surface area contributed by atoms with Crippen molar-refractivity contribution in [2.45, 2.75) is 12.5 Å². The first-order valence-corrected chi connectivity index (χ1v) is 13.4. The van der Waals surface area contributed by atoms with Gasteiger partial charge in [-0.3, -0.25) is 20.5 Å². The molecule has 5 rings (SSSR count). The van der Waals surface area contributed by atoms with Gasteiger partial charge in [0.1, 0.15) is 33.9 Å². The van der Waals surface area contributed by atoms with E-state index in [2.05, 4.69) is 26.0 Å². The Bertz CT molecular complexity index is 1670. The third-order valence-corrected chi connectivity index (χ3v) is 7.11. The minimum atomic E-state index is -0.678. The molecule has 0 saturated carbocycles. The summed E-state index contributed by atoms with van der Waals surface area (Å²) in [5.74, 6) is 1.58. The minimum absolute atomic E-state index is 0.0149. The zero-order valence-electron chi connectivity index (χ0n) is 22.1. The van der Waals surface area contributed by atoms with Crippen molar-refractivity contribution >= 4 is 52.6 Å². The zero-order chi connectivity index (χ0) is 29.8. The number of benzene rings is 2. The summed E-state index contributed by atoms with van der Waals surface area (Å²) in [5, 5.41) is 20.2. The van der Waals surface area contributed by atoms with Crippen molar-refractivity contribution in [1.29, 1.82) is 0 Å². The number of rotatable bonds is 7. The number of pyridine rings is 1. The molecule has 4 amide bonds. The first-order valence-electron chi connectivity index (χ1n) is 12.6. The van der Waals surface area contributed by atoms with E-state index in [1.54, 1.807) is 37.4 Å². The maximum Gasteiger partial charge on any atom is 0.324 e. The van der Waals surface area contributed by atoms with Crippen LogP contribution in [0.1, 0.15) is 6.42 Å². The summed E-state index contributed by atoms with van der Waals surface area (Å²) < 4.78 is 12.4. The Balaban J connectivity index is 1.25. The monoisotopic (exact) mass is 613 g/mol. The molecule has 5 N–H and O–H groups in total. The van der Waals surface area contributed by atoms with Crippen molar-refractivity contribution in [2.24, 2.45) is 0 Å². The van der Waals surface area contributed by atoms with Crippen LogP contribution in [0, 0.1) is 0 Å². The van der Waals surface area contributed by atoms with Gasteiger partial charge in [-0.2, -0.15) is 0 Å². The van der Waals surface area contributed by atoms with Gasteiger partial charge in [0.25, 0.3) is 5.56 Å². The lowest BCUT2D eigenvalue weighted by molar-refractivity contribution is 0.176. The number of methoxy groups -OCH3 is 1. The Morgan fingerprint density at radius 3 is 2.52 bits per heavy atom. The van der Waals surface area contributed by atoms with Crippen LogP contribution in [-0.4, -0.2) is 63.1 Å². The van der Waals surface area contributed by atoms with E-state index in [4.69, 9.17) is 32.7 Å². The number of aliphatic hydroxyl groups is 1. The number of ether oxygens (including phenoxy) is 2. The number of likely N-dealkylation sites (tertiary alicyclic amines) is 1. The Kier molecular flexibility index (Phi) is 8.52. The van der Waals surface area contributed by atoms with Gasteiger partial charge in [0.2, 0.25) is 0 Å². The van der Waals surface area contributed by atoms with E-state index in [9.17, 15) is 19.5 Å². The zero-order valence-corrected chi connectivity index (χ0v) is 23.6. The van der Waals surface area contributed by atoms with E-state index in [1.165, 1.54) is 40.0 Å². The number of aromatic nitrogens is 3. The van der Waals surface area contributed by atoms with Crippen molar-refractivity contribution in [1.82, 2.24) is 19.7 Å². The molecule has 2 aromatic carbocycles. The molecule has 2 aromatic heterocycles. The summed E-state index contributed by atoms with van der Waals surface area (Å²) in [7, 11) is 1.54. The van der Waals surface area contributed by atoms with E-state index in [0.29, 0.717) is 30.2 Å². The van der Waals surface area contributed by atoms with E-state index < -0.39 is 17.7 Å². The highest BCUT2D eigenvalue weighted by Gasteiger charge is 2.25. The second kappa shape index (κ2) is 12.4. The summed E-state index contributed by atoms with van der Waals surface area (Å²) in [4.78, 5) is 42.8. The van der Waals surface area contributed by atoms with Crippen LogP contribution in [0.3, 0.4) is 0 Å². The fourth-order valence-electron chi connectivity index (χ4n) is 4.18. The number of H-pyrrole nitrogens is 1. The van der Waals surface area contributed by atoms with Gasteiger partial charge in [-0.05, 0) is 48.9 Å². The predicted molar refractivity (Wildman–Crippen MR) is 158 cm³/mol. The van der Waals surface area contributed by atoms with Crippen molar-refractivity contribution in [3.63, 3.8) is 0 Å². The van der Waals surface area contributed by atoms with Crippen molar-refractivity contribution < 1.29 is 24.2 Å². The third kappa shape index (κ3) is 6.60. The van der Waals surface area contributed by atoms with E-state index >= 15 is 0 Å². The standard InChI is InChI=1S/C27H25Cl2N7O6/c1-41-17-4-2-15(3-5-17)36-22(13-23(38)34-36)33-26(39)31-19-6-7-20(25(29)24(19)28)42-18-8-10-30-21(12-18)32-27(40)35-11-9-16(37)14-35/h2-8,10,12-13,16,37H,9,11,14H2,1H3,(H,34,38)(H,30,32,40)(H2,31,33,39). The number of nitrogens with zero attached hydrogens (tertiary/aromatic N) is 3. The molecule has 0 aliphatic carbocycles. The minimum Gasteiger partial charge on any atom is -0.497 e. The van der Waals surface area contributed by atoms with Crippen LogP contribution in [0.15, 0.2) is 65.6 Å². The molecule has 1 aliphatic rings. The molecule has 1 fully saturated rings. The summed E-state index contributed by atoms with van der Waals surface area (Å²) in [6.07, 6.45) is 1.43. The van der Waals surface area contributed by atoms with Crippen molar-refractivity contribution in [3.05, 3.63) is 81.2 Å². The third-order valence-electron chi connectivity index (χ3n) is 6.24. The van der Waals surface area contributed by atoms with Crippen molar-refractivity contribution in [2.75, 3.05) is 36.1 Å². The fraction of sp³-hybridized carbons (Fsp3) is 0.185. The highest BCUT2D eigenvalue weighted by Crippen LogP contribution is 2.39. The van der Waals surface area contributed by atoms with E-state index in [1.807, 2.05) is 0 Å². The van der Waals surface area contributed by atoms with Gasteiger partial charge in [-0.15, -0.1) is 0 Å². The first-order chi connectivity index (χ1) is 20.2. The molecule has 1 atom stereocenters. The quantitative estimate of drug-likeness (QED) is 0.198. The van der Waals surface area contributed by atoms with Crippen LogP contribution in [0.25, 0.3) is 5.69 Å². The number of β-amino-alcohol motifs (C(OH)–C–C–N with tert-alkyl or cyclic N) is 1. The molecule has 1 aliphatic heterocycles. The number of urea groups is 2. The van der Waals surface area contributed by atoms with Crippen LogP contribution in [0.2, 0.25) is 10.0 Å². The lowest BCUT2D eigenvalue weighted by atomic mass is 10.3. The molecule has 218 valence electrons. The number of aliphatic hydroxyl groups excluding tert-OH is 1. The summed E-state index contributed by atoms with van der Waals surface area (Å²) in [6.45, 7) is 0.700. The number of anilines is 3. The lowest BCUT2D eigenvalue weighted by Gasteiger charge is -2.16. The van der Waals surface area contributed by atoms with Gasteiger partial charge in [0.05, 0.1) is 29.6 Å². The fourth-order valence-corrected chi connectivity index (χ4v) is 4.59. The maximum absolute atomic E-state index is 12.8. The van der Waals surface area contributed by atoms with E-state index in [-0.39, 0.29) is 45.7 Å². The number of nitrogens with one attached hydrogen (secondary N) is 4. The molecule has 0 spiro atoms. The molecular weight excluding hydrogens is 589 g/mol. The average molecular weight is 614 g/mol. The highest BCUT2D eigenvalue weighted by molar-refractivity contribution is 6.45. The molecule has 4 aromatic rings. The second-order valence-corrected chi connectivity index (χ2v) is 9.91. The van der Waals surface area contributed by atoms with Gasteiger partial charge in [0.15, 0.2) is 0 Å². The van der Waals surface area contributed by atoms with E-state index in [0.717, 1.165) is 0 Å². The molecular formula is C27H25Cl2N7O6. The normalized spacial score (nSPS) is 14.4. The van der Waals surface area contributed by atoms with Crippen LogP contribution in [0.4, 0.5) is 26.9 Å². The molecule has 3 heterocycles. The largest absolute Gasteiger partial charge is 0.497 e. The van der Waals surface area contributed by atoms with Gasteiger partial charge in [-0.25, -0.2) is 19.3 Å². The van der Waals surface area contributed by atoms with Crippen LogP contribution in [-0.2, 0) is 0 Å². The van der Waals surface area contributed by atoms with Gasteiger partial charge >= 0.3 is 12.1 Å². The molecule has 15 heteroatoms. The van der Waals surface area contributed by atoms with Gasteiger partial charge in [0, 0.05) is 31.4 Å². The number of carbonyl (C=O) groups excluding carboxylic acids is 2. The Morgan fingerprint density at radius 1 is 1.02 bits per heavy atom. The summed E-state index contributed by atoms with van der Waals surface area (Å²) in [5.41, 5.74) is 0.359. The number of aromatic amines is 1. The number of hydrogen-bond acceptors (Lipinski definition) is 7. The topological polar surface area (TPSA) is 163 Å². The Morgan fingerprint density at radius 2 is 1.81 bits per heavy atom. The molecule has 1 saturated heterocycles. The van der Waals surface area contributed by atoms with Crippen LogP contribution >= 0.6 is 23.2 Å². The molecule has 0 bridgehead atoms. The predicted octanol–water partition coefficient (Wildman–Crippen LogP) is 4.91. The lowest BCUT2D eigenvalue weighted by Crippen LogP contribution is -2.33. The molecule has 1 unspecified atom stereocenters. The molecule has 13 nitrogen and oxygen atoms in total. The summed E-state index contributed by atoms with van der Waals surface area (Å²) in [6, 6.07) is 13.1. The second-order valence-electron chi connectivity index (χ2n) is 9.15. The number of amides is 4. The van der Waals surface area contributed by atoms with Crippen LogP contribution < -0.4 is 31.0 Å². The maximum atomic E-state index is 12.8. The number of carbonyl (C=O) groups is 2.